The zero-order valence-corrected chi connectivity index (χ0v) is 13.2. The Kier molecular flexibility index (Phi) is 4.16. The molecule has 1 atom stereocenters. The van der Waals surface area contributed by atoms with Crippen LogP contribution in [0.15, 0.2) is 18.3 Å². The van der Waals surface area contributed by atoms with E-state index in [0.29, 0.717) is 5.56 Å². The van der Waals surface area contributed by atoms with Crippen molar-refractivity contribution in [2.45, 2.75) is 39.2 Å². The predicted molar refractivity (Wildman–Crippen MR) is 86.4 cm³/mol. The van der Waals surface area contributed by atoms with Crippen LogP contribution in [0.5, 0.6) is 0 Å². The Labute approximate surface area is 130 Å². The monoisotopic (exact) mass is 301 g/mol. The molecule has 0 saturated carbocycles. The van der Waals surface area contributed by atoms with Gasteiger partial charge in [-0.05, 0) is 51.9 Å². The molecule has 1 N–H and O–H groups in total. The number of hydrogen-bond donors (Lipinski definition) is 1. The van der Waals surface area contributed by atoms with Gasteiger partial charge in [0, 0.05) is 29.9 Å². The van der Waals surface area contributed by atoms with Gasteiger partial charge in [-0.25, -0.2) is 9.78 Å². The smallest absolute Gasteiger partial charge is 0.338 e. The van der Waals surface area contributed by atoms with Gasteiger partial charge in [-0.15, -0.1) is 0 Å². The van der Waals surface area contributed by atoms with E-state index in [9.17, 15) is 9.90 Å². The summed E-state index contributed by atoms with van der Waals surface area (Å²) >= 11 is 0. The maximum absolute atomic E-state index is 11.6. The van der Waals surface area contributed by atoms with Gasteiger partial charge < -0.3 is 14.6 Å². The van der Waals surface area contributed by atoms with Crippen LogP contribution in [-0.4, -0.2) is 45.2 Å². The number of fused-ring (bicyclic) bond motifs is 1. The highest BCUT2D eigenvalue weighted by molar-refractivity contribution is 6.04. The van der Waals surface area contributed by atoms with E-state index in [-0.39, 0.29) is 6.04 Å². The highest BCUT2D eigenvalue weighted by atomic mass is 16.4. The lowest BCUT2D eigenvalue weighted by atomic mass is 10.1. The fraction of sp³-hybridized carbons (Fsp3) is 0.529. The van der Waals surface area contributed by atoms with Gasteiger partial charge in [0.05, 0.1) is 5.56 Å². The molecule has 0 amide bonds. The number of carbonyl (C=O) groups is 1. The average molecular weight is 301 g/mol. The molecule has 3 heterocycles. The molecule has 5 nitrogen and oxygen atoms in total. The molecule has 3 rings (SSSR count). The number of pyridine rings is 1. The molecular weight excluding hydrogens is 278 g/mol. The van der Waals surface area contributed by atoms with Crippen LogP contribution in [0.1, 0.15) is 48.3 Å². The molecule has 0 aliphatic carbocycles. The first kappa shape index (κ1) is 15.0. The van der Waals surface area contributed by atoms with Crippen LogP contribution in [0.3, 0.4) is 0 Å². The maximum atomic E-state index is 11.6. The highest BCUT2D eigenvalue weighted by Gasteiger charge is 2.24. The molecule has 0 spiro atoms. The zero-order valence-electron chi connectivity index (χ0n) is 13.2. The third-order valence-corrected chi connectivity index (χ3v) is 4.63. The van der Waals surface area contributed by atoms with Crippen LogP contribution in [0.4, 0.5) is 0 Å². The van der Waals surface area contributed by atoms with Crippen LogP contribution >= 0.6 is 0 Å². The number of aromatic nitrogens is 2. The Hall–Kier alpha value is -1.88. The third-order valence-electron chi connectivity index (χ3n) is 4.63. The molecule has 5 heteroatoms. The van der Waals surface area contributed by atoms with Gasteiger partial charge in [-0.3, -0.25) is 0 Å². The van der Waals surface area contributed by atoms with Gasteiger partial charge in [-0.2, -0.15) is 0 Å². The summed E-state index contributed by atoms with van der Waals surface area (Å²) in [6, 6.07) is 3.86. The number of carboxylic acids is 1. The van der Waals surface area contributed by atoms with E-state index in [1.54, 1.807) is 12.3 Å². The molecule has 1 unspecified atom stereocenters. The molecule has 1 fully saturated rings. The number of hydrogen-bond acceptors (Lipinski definition) is 3. The molecule has 22 heavy (non-hydrogen) atoms. The number of likely N-dealkylation sites (tertiary alicyclic amines) is 1. The molecule has 1 aliphatic heterocycles. The van der Waals surface area contributed by atoms with E-state index in [2.05, 4.69) is 21.4 Å². The van der Waals surface area contributed by atoms with E-state index in [1.807, 2.05) is 13.0 Å². The molecule has 1 aliphatic rings. The minimum Gasteiger partial charge on any atom is -0.478 e. The van der Waals surface area contributed by atoms with E-state index < -0.39 is 5.97 Å². The number of carboxylic acid groups (broad SMARTS) is 1. The fourth-order valence-corrected chi connectivity index (χ4v) is 3.66. The van der Waals surface area contributed by atoms with Gasteiger partial charge in [0.2, 0.25) is 0 Å². The van der Waals surface area contributed by atoms with Crippen molar-refractivity contribution < 1.29 is 9.90 Å². The van der Waals surface area contributed by atoms with E-state index in [0.717, 1.165) is 36.4 Å². The molecule has 0 radical (unpaired) electrons. The van der Waals surface area contributed by atoms with Crippen LogP contribution in [0.25, 0.3) is 11.0 Å². The minimum atomic E-state index is -0.876. The molecule has 1 saturated heterocycles. The topological polar surface area (TPSA) is 58.4 Å². The fourth-order valence-electron chi connectivity index (χ4n) is 3.66. The molecule has 118 valence electrons. The van der Waals surface area contributed by atoms with Gasteiger partial charge in [0.15, 0.2) is 0 Å². The Bertz CT molecular complexity index is 687. The van der Waals surface area contributed by atoms with Crippen molar-refractivity contribution in [2.24, 2.45) is 0 Å². The second-order valence-electron chi connectivity index (χ2n) is 6.22. The lowest BCUT2D eigenvalue weighted by molar-refractivity contribution is 0.0697. The molecule has 0 aromatic carbocycles. The van der Waals surface area contributed by atoms with E-state index in [4.69, 9.17) is 0 Å². The van der Waals surface area contributed by atoms with Crippen molar-refractivity contribution in [1.29, 1.82) is 0 Å². The first-order valence-electron chi connectivity index (χ1n) is 8.00. The highest BCUT2D eigenvalue weighted by Crippen LogP contribution is 2.28. The summed E-state index contributed by atoms with van der Waals surface area (Å²) in [5.74, 6) is -0.876. The summed E-state index contributed by atoms with van der Waals surface area (Å²) in [5, 5.41) is 10.3. The van der Waals surface area contributed by atoms with Crippen molar-refractivity contribution in [3.8, 4) is 0 Å². The van der Waals surface area contributed by atoms with Crippen molar-refractivity contribution in [3.63, 3.8) is 0 Å². The Morgan fingerprint density at radius 1 is 1.36 bits per heavy atom. The number of nitrogens with zero attached hydrogens (tertiary/aromatic N) is 3. The predicted octanol–water partition coefficient (Wildman–Crippen LogP) is 3.09. The van der Waals surface area contributed by atoms with Crippen molar-refractivity contribution in [3.05, 3.63) is 29.6 Å². The summed E-state index contributed by atoms with van der Waals surface area (Å²) < 4.78 is 2.09. The normalized spacial score (nSPS) is 17.7. The van der Waals surface area contributed by atoms with Crippen molar-refractivity contribution in [1.82, 2.24) is 14.5 Å². The Morgan fingerprint density at radius 3 is 2.77 bits per heavy atom. The van der Waals surface area contributed by atoms with Crippen molar-refractivity contribution in [2.75, 3.05) is 19.6 Å². The standard InChI is InChI=1S/C17H23N3O2/c1-12(11-19-9-4-3-5-10-19)20-13(2)15(17(21)22)14-7-6-8-18-16(14)20/h6-8,12H,3-5,9-11H2,1-2H3,(H,21,22). The van der Waals surface area contributed by atoms with E-state index >= 15 is 0 Å². The maximum Gasteiger partial charge on any atom is 0.338 e. The van der Waals surface area contributed by atoms with E-state index in [1.165, 1.54) is 19.3 Å². The first-order valence-corrected chi connectivity index (χ1v) is 8.00. The average Bonchev–Trinajstić information content (AvgIpc) is 2.80. The van der Waals surface area contributed by atoms with Crippen LogP contribution < -0.4 is 0 Å². The largest absolute Gasteiger partial charge is 0.478 e. The Balaban J connectivity index is 1.98. The Morgan fingerprint density at radius 2 is 2.09 bits per heavy atom. The molecular formula is C17H23N3O2. The van der Waals surface area contributed by atoms with Crippen LogP contribution in [0.2, 0.25) is 0 Å². The molecule has 2 aromatic heterocycles. The zero-order chi connectivity index (χ0) is 15.7. The van der Waals surface area contributed by atoms with Crippen molar-refractivity contribution >= 4 is 17.0 Å². The quantitative estimate of drug-likeness (QED) is 0.943. The summed E-state index contributed by atoms with van der Waals surface area (Å²) in [5.41, 5.74) is 1.96. The van der Waals surface area contributed by atoms with Gasteiger partial charge in [0.1, 0.15) is 5.65 Å². The lowest BCUT2D eigenvalue weighted by Crippen LogP contribution is -2.34. The van der Waals surface area contributed by atoms with Gasteiger partial charge >= 0.3 is 5.97 Å². The number of rotatable bonds is 4. The first-order chi connectivity index (χ1) is 10.6. The summed E-state index contributed by atoms with van der Waals surface area (Å²) in [6.45, 7) is 7.27. The summed E-state index contributed by atoms with van der Waals surface area (Å²) in [7, 11) is 0. The van der Waals surface area contributed by atoms with Crippen LogP contribution in [0, 0.1) is 6.92 Å². The lowest BCUT2D eigenvalue weighted by Gasteiger charge is -2.30. The third kappa shape index (κ3) is 2.61. The number of aromatic carboxylic acids is 1. The van der Waals surface area contributed by atoms with Gasteiger partial charge in [-0.1, -0.05) is 6.42 Å². The summed E-state index contributed by atoms with van der Waals surface area (Å²) in [6.07, 6.45) is 5.58. The minimum absolute atomic E-state index is 0.212. The van der Waals surface area contributed by atoms with Crippen LogP contribution in [-0.2, 0) is 0 Å². The number of piperidine rings is 1. The van der Waals surface area contributed by atoms with Gasteiger partial charge in [0.25, 0.3) is 0 Å². The second-order valence-corrected chi connectivity index (χ2v) is 6.22. The molecule has 0 bridgehead atoms. The SMILES string of the molecule is Cc1c(C(=O)O)c2cccnc2n1C(C)CN1CCCCC1. The molecule has 2 aromatic rings. The second kappa shape index (κ2) is 6.08. The summed E-state index contributed by atoms with van der Waals surface area (Å²) in [4.78, 5) is 18.5.